The summed E-state index contributed by atoms with van der Waals surface area (Å²) in [5, 5.41) is 22.8. The number of carbonyl (C=O) groups is 1. The van der Waals surface area contributed by atoms with Gasteiger partial charge in [0, 0.05) is 0 Å². The molecule has 0 saturated carbocycles. The Kier molecular flexibility index (Phi) is 4.17. The highest BCUT2D eigenvalue weighted by atomic mass is 32.1. The van der Waals surface area contributed by atoms with Crippen LogP contribution in [0.1, 0.15) is 39.7 Å². The summed E-state index contributed by atoms with van der Waals surface area (Å²) in [7, 11) is 0. The molecule has 0 amide bonds. The lowest BCUT2D eigenvalue weighted by atomic mass is 9.87. The molecule has 0 fully saturated rings. The molecule has 0 radical (unpaired) electrons. The molecule has 0 saturated heterocycles. The fourth-order valence-electron chi connectivity index (χ4n) is 2.16. The van der Waals surface area contributed by atoms with Gasteiger partial charge in [0.2, 0.25) is 0 Å². The number of thiophene rings is 1. The first kappa shape index (κ1) is 14.6. The van der Waals surface area contributed by atoms with Crippen LogP contribution in [0.3, 0.4) is 0 Å². The highest BCUT2D eigenvalue weighted by molar-refractivity contribution is 7.13. The predicted octanol–water partition coefficient (Wildman–Crippen LogP) is 2.85. The number of aliphatic carboxylic acids is 1. The zero-order valence-electron chi connectivity index (χ0n) is 11.8. The van der Waals surface area contributed by atoms with Crippen LogP contribution < -0.4 is 0 Å². The zero-order valence-corrected chi connectivity index (χ0v) is 12.6. The minimum Gasteiger partial charge on any atom is -0.481 e. The fourth-order valence-corrected chi connectivity index (χ4v) is 2.86. The Morgan fingerprint density at radius 3 is 2.80 bits per heavy atom. The predicted molar refractivity (Wildman–Crippen MR) is 76.5 cm³/mol. The van der Waals surface area contributed by atoms with Gasteiger partial charge in [-0.1, -0.05) is 26.8 Å². The summed E-state index contributed by atoms with van der Waals surface area (Å²) in [5.41, 5.74) is -0.00120. The van der Waals surface area contributed by atoms with E-state index in [0.717, 1.165) is 4.88 Å². The van der Waals surface area contributed by atoms with Crippen LogP contribution in [0.5, 0.6) is 0 Å². The molecule has 1 atom stereocenters. The summed E-state index contributed by atoms with van der Waals surface area (Å²) in [4.78, 5) is 12.1. The van der Waals surface area contributed by atoms with Gasteiger partial charge in [0.15, 0.2) is 5.82 Å². The summed E-state index contributed by atoms with van der Waals surface area (Å²) in [6.45, 7) is 6.24. The second-order valence-electron chi connectivity index (χ2n) is 5.94. The van der Waals surface area contributed by atoms with Gasteiger partial charge in [-0.3, -0.25) is 4.79 Å². The molecule has 108 valence electrons. The normalized spacial score (nSPS) is 13.3. The SMILES string of the molecule is CC(C)(C)CC(CC(=O)O)n1nnnc1-c1cccs1. The van der Waals surface area contributed by atoms with Crippen molar-refractivity contribution in [2.45, 2.75) is 39.7 Å². The molecule has 0 aliphatic carbocycles. The number of tetrazole rings is 1. The molecule has 2 aromatic rings. The summed E-state index contributed by atoms with van der Waals surface area (Å²) in [5.74, 6) is -0.206. The molecular weight excluding hydrogens is 276 g/mol. The minimum atomic E-state index is -0.841. The van der Waals surface area contributed by atoms with Crippen molar-refractivity contribution in [3.8, 4) is 10.7 Å². The number of nitrogens with zero attached hydrogens (tertiary/aromatic N) is 4. The van der Waals surface area contributed by atoms with E-state index >= 15 is 0 Å². The van der Waals surface area contributed by atoms with Crippen molar-refractivity contribution in [2.24, 2.45) is 5.41 Å². The second kappa shape index (κ2) is 5.70. The first-order valence-electron chi connectivity index (χ1n) is 6.40. The lowest BCUT2D eigenvalue weighted by Gasteiger charge is -2.25. The standard InChI is InChI=1S/C13H18N4O2S/c1-13(2,3)8-9(7-11(18)19)17-12(14-15-16-17)10-5-4-6-20-10/h4-6,9H,7-8H2,1-3H3,(H,18,19). The van der Waals surface area contributed by atoms with Crippen LogP contribution in [-0.2, 0) is 4.79 Å². The maximum atomic E-state index is 11.1. The summed E-state index contributed by atoms with van der Waals surface area (Å²) in [6, 6.07) is 3.61. The van der Waals surface area contributed by atoms with Crippen LogP contribution in [0, 0.1) is 5.41 Å². The van der Waals surface area contributed by atoms with E-state index in [0.29, 0.717) is 12.2 Å². The molecule has 20 heavy (non-hydrogen) atoms. The molecule has 1 N–H and O–H groups in total. The van der Waals surface area contributed by atoms with E-state index in [-0.39, 0.29) is 17.9 Å². The molecule has 1 unspecified atom stereocenters. The van der Waals surface area contributed by atoms with E-state index in [1.807, 2.05) is 17.5 Å². The molecular formula is C13H18N4O2S. The van der Waals surface area contributed by atoms with Gasteiger partial charge < -0.3 is 5.11 Å². The van der Waals surface area contributed by atoms with Crippen molar-refractivity contribution in [3.63, 3.8) is 0 Å². The Bertz CT molecular complexity index is 571. The van der Waals surface area contributed by atoms with Crippen molar-refractivity contribution in [1.82, 2.24) is 20.2 Å². The van der Waals surface area contributed by atoms with E-state index in [1.165, 1.54) is 11.3 Å². The van der Waals surface area contributed by atoms with Gasteiger partial charge in [-0.25, -0.2) is 4.68 Å². The molecule has 0 spiro atoms. The Labute approximate surface area is 121 Å². The maximum Gasteiger partial charge on any atom is 0.305 e. The van der Waals surface area contributed by atoms with Crippen molar-refractivity contribution >= 4 is 17.3 Å². The van der Waals surface area contributed by atoms with E-state index in [9.17, 15) is 4.79 Å². The third kappa shape index (κ3) is 3.63. The number of hydrogen-bond donors (Lipinski definition) is 1. The zero-order chi connectivity index (χ0) is 14.8. The highest BCUT2D eigenvalue weighted by Gasteiger charge is 2.26. The van der Waals surface area contributed by atoms with Crippen LogP contribution in [0.15, 0.2) is 17.5 Å². The maximum absolute atomic E-state index is 11.1. The molecule has 0 aromatic carbocycles. The molecule has 0 aliphatic rings. The summed E-state index contributed by atoms with van der Waals surface area (Å²) < 4.78 is 1.64. The quantitative estimate of drug-likeness (QED) is 0.917. The first-order valence-corrected chi connectivity index (χ1v) is 7.28. The van der Waals surface area contributed by atoms with Gasteiger partial charge >= 0.3 is 5.97 Å². The lowest BCUT2D eigenvalue weighted by molar-refractivity contribution is -0.138. The monoisotopic (exact) mass is 294 g/mol. The van der Waals surface area contributed by atoms with E-state index in [4.69, 9.17) is 5.11 Å². The van der Waals surface area contributed by atoms with Crippen molar-refractivity contribution in [3.05, 3.63) is 17.5 Å². The Morgan fingerprint density at radius 2 is 2.25 bits per heavy atom. The van der Waals surface area contributed by atoms with Gasteiger partial charge in [0.05, 0.1) is 17.3 Å². The molecule has 6 nitrogen and oxygen atoms in total. The third-order valence-corrected chi connectivity index (χ3v) is 3.70. The van der Waals surface area contributed by atoms with Crippen molar-refractivity contribution < 1.29 is 9.90 Å². The van der Waals surface area contributed by atoms with E-state index in [1.54, 1.807) is 4.68 Å². The van der Waals surface area contributed by atoms with Crippen LogP contribution in [0.25, 0.3) is 10.7 Å². The lowest BCUT2D eigenvalue weighted by Crippen LogP contribution is -2.22. The average molecular weight is 294 g/mol. The topological polar surface area (TPSA) is 80.9 Å². The molecule has 2 aromatic heterocycles. The van der Waals surface area contributed by atoms with Gasteiger partial charge in [0.1, 0.15) is 0 Å². The average Bonchev–Trinajstić information content (AvgIpc) is 2.96. The summed E-state index contributed by atoms with van der Waals surface area (Å²) in [6.07, 6.45) is 0.712. The number of carboxylic acids is 1. The fraction of sp³-hybridized carbons (Fsp3) is 0.538. The number of carboxylic acid groups (broad SMARTS) is 1. The van der Waals surface area contributed by atoms with Crippen LogP contribution in [-0.4, -0.2) is 31.3 Å². The first-order chi connectivity index (χ1) is 9.37. The second-order valence-corrected chi connectivity index (χ2v) is 6.89. The highest BCUT2D eigenvalue weighted by Crippen LogP contribution is 2.32. The largest absolute Gasteiger partial charge is 0.481 e. The molecule has 2 rings (SSSR count). The van der Waals surface area contributed by atoms with Crippen molar-refractivity contribution in [2.75, 3.05) is 0 Å². The van der Waals surface area contributed by atoms with Crippen LogP contribution >= 0.6 is 11.3 Å². The van der Waals surface area contributed by atoms with Gasteiger partial charge in [-0.05, 0) is 33.7 Å². The Morgan fingerprint density at radius 1 is 1.50 bits per heavy atom. The number of hydrogen-bond acceptors (Lipinski definition) is 5. The Balaban J connectivity index is 2.34. The molecule has 7 heteroatoms. The van der Waals surface area contributed by atoms with E-state index in [2.05, 4.69) is 36.3 Å². The van der Waals surface area contributed by atoms with Gasteiger partial charge in [-0.2, -0.15) is 0 Å². The number of aromatic nitrogens is 4. The molecule has 2 heterocycles. The number of rotatable bonds is 5. The van der Waals surface area contributed by atoms with E-state index < -0.39 is 5.97 Å². The Hall–Kier alpha value is -1.76. The smallest absolute Gasteiger partial charge is 0.305 e. The van der Waals surface area contributed by atoms with Gasteiger partial charge in [-0.15, -0.1) is 16.4 Å². The third-order valence-electron chi connectivity index (χ3n) is 2.84. The molecule has 0 aliphatic heterocycles. The minimum absolute atomic E-state index is 0.00120. The summed E-state index contributed by atoms with van der Waals surface area (Å²) >= 11 is 1.54. The van der Waals surface area contributed by atoms with Crippen LogP contribution in [0.4, 0.5) is 0 Å². The molecule has 0 bridgehead atoms. The van der Waals surface area contributed by atoms with Crippen LogP contribution in [0.2, 0.25) is 0 Å². The van der Waals surface area contributed by atoms with Gasteiger partial charge in [0.25, 0.3) is 0 Å². The van der Waals surface area contributed by atoms with Crippen molar-refractivity contribution in [1.29, 1.82) is 0 Å².